The normalized spacial score (nSPS) is 21.6. The third-order valence-electron chi connectivity index (χ3n) is 3.87. The smallest absolute Gasteiger partial charge is 0.416 e. The standard InChI is InChI=1S/C14H14F3NO2/c1-3-13(7-12(19)20)8(2)18-11-5-4-9(6-10(11)13)14(15,16)17/h4-6H,3,7H2,1-2H3,(H,19,20)/p-1. The molecule has 1 unspecified atom stereocenters. The highest BCUT2D eigenvalue weighted by Crippen LogP contribution is 2.46. The lowest BCUT2D eigenvalue weighted by atomic mass is 9.73. The molecule has 1 heterocycles. The van der Waals surface area contributed by atoms with Crippen LogP contribution in [0.5, 0.6) is 0 Å². The average Bonchev–Trinajstić information content (AvgIpc) is 2.60. The lowest BCUT2D eigenvalue weighted by Gasteiger charge is -2.30. The van der Waals surface area contributed by atoms with Gasteiger partial charge in [0.2, 0.25) is 0 Å². The molecule has 0 saturated heterocycles. The van der Waals surface area contributed by atoms with E-state index >= 15 is 0 Å². The number of rotatable bonds is 3. The van der Waals surface area contributed by atoms with Crippen molar-refractivity contribution in [1.29, 1.82) is 0 Å². The number of nitrogens with zero attached hydrogens (tertiary/aromatic N) is 1. The summed E-state index contributed by atoms with van der Waals surface area (Å²) in [5.74, 6) is -1.30. The highest BCUT2D eigenvalue weighted by atomic mass is 19.4. The van der Waals surface area contributed by atoms with Gasteiger partial charge in [0.25, 0.3) is 0 Å². The van der Waals surface area contributed by atoms with Crippen LogP contribution in [-0.4, -0.2) is 11.7 Å². The third kappa shape index (κ3) is 2.19. The summed E-state index contributed by atoms with van der Waals surface area (Å²) >= 11 is 0. The van der Waals surface area contributed by atoms with Crippen LogP contribution in [0.2, 0.25) is 0 Å². The van der Waals surface area contributed by atoms with E-state index in [2.05, 4.69) is 4.99 Å². The van der Waals surface area contributed by atoms with Crippen molar-refractivity contribution < 1.29 is 23.1 Å². The van der Waals surface area contributed by atoms with Gasteiger partial charge in [-0.3, -0.25) is 4.99 Å². The molecule has 1 aromatic carbocycles. The predicted octanol–water partition coefficient (Wildman–Crippen LogP) is 2.60. The third-order valence-corrected chi connectivity index (χ3v) is 3.87. The minimum absolute atomic E-state index is 0.316. The van der Waals surface area contributed by atoms with Gasteiger partial charge in [-0.15, -0.1) is 0 Å². The summed E-state index contributed by atoms with van der Waals surface area (Å²) in [6.07, 6.45) is -4.48. The highest BCUT2D eigenvalue weighted by Gasteiger charge is 2.42. The number of carboxylic acids is 1. The fraction of sp³-hybridized carbons (Fsp3) is 0.429. The first kappa shape index (κ1) is 14.6. The molecule has 2 rings (SSSR count). The van der Waals surface area contributed by atoms with E-state index in [9.17, 15) is 23.1 Å². The summed E-state index contributed by atoms with van der Waals surface area (Å²) in [4.78, 5) is 15.2. The molecule has 1 aliphatic rings. The van der Waals surface area contributed by atoms with Crippen LogP contribution in [0.25, 0.3) is 0 Å². The molecular formula is C14H13F3NO2-. The average molecular weight is 284 g/mol. The minimum atomic E-state index is -4.47. The van der Waals surface area contributed by atoms with Gasteiger partial charge in [-0.2, -0.15) is 13.2 Å². The Morgan fingerprint density at radius 2 is 2.05 bits per heavy atom. The van der Waals surface area contributed by atoms with Crippen LogP contribution in [0.1, 0.15) is 37.8 Å². The van der Waals surface area contributed by atoms with Crippen LogP contribution < -0.4 is 5.11 Å². The quantitative estimate of drug-likeness (QED) is 0.856. The van der Waals surface area contributed by atoms with Gasteiger partial charge in [-0.05, 0) is 37.1 Å². The summed E-state index contributed by atoms with van der Waals surface area (Å²) in [5, 5.41) is 11.0. The fourth-order valence-electron chi connectivity index (χ4n) is 2.72. The zero-order chi connectivity index (χ0) is 15.1. The zero-order valence-electron chi connectivity index (χ0n) is 11.0. The SMILES string of the molecule is CCC1(CC(=O)[O-])C(C)=Nc2ccc(C(F)(F)F)cc21. The lowest BCUT2D eigenvalue weighted by Crippen LogP contribution is -2.38. The summed E-state index contributed by atoms with van der Waals surface area (Å²) in [5.41, 5.74) is -0.568. The van der Waals surface area contributed by atoms with Crippen molar-refractivity contribution >= 4 is 17.4 Å². The number of fused-ring (bicyclic) bond motifs is 1. The van der Waals surface area contributed by atoms with Crippen molar-refractivity contribution in [3.05, 3.63) is 29.3 Å². The summed E-state index contributed by atoms with van der Waals surface area (Å²) in [7, 11) is 0. The molecule has 1 atom stereocenters. The van der Waals surface area contributed by atoms with E-state index in [1.807, 2.05) is 0 Å². The molecule has 108 valence electrons. The van der Waals surface area contributed by atoms with Crippen molar-refractivity contribution in [2.75, 3.05) is 0 Å². The predicted molar refractivity (Wildman–Crippen MR) is 65.8 cm³/mol. The molecule has 1 aliphatic heterocycles. The van der Waals surface area contributed by atoms with E-state index < -0.39 is 23.1 Å². The molecular weight excluding hydrogens is 271 g/mol. The molecule has 0 aromatic heterocycles. The molecule has 0 spiro atoms. The van der Waals surface area contributed by atoms with E-state index in [1.54, 1.807) is 13.8 Å². The second-order valence-corrected chi connectivity index (χ2v) is 4.91. The number of carbonyl (C=O) groups is 1. The van der Waals surface area contributed by atoms with Crippen LogP contribution in [0.15, 0.2) is 23.2 Å². The summed E-state index contributed by atoms with van der Waals surface area (Å²) < 4.78 is 38.4. The van der Waals surface area contributed by atoms with Crippen molar-refractivity contribution in [2.24, 2.45) is 4.99 Å². The van der Waals surface area contributed by atoms with Gasteiger partial charge >= 0.3 is 6.18 Å². The number of carbonyl (C=O) groups excluding carboxylic acids is 1. The maximum atomic E-state index is 12.8. The van der Waals surface area contributed by atoms with Crippen LogP contribution in [0.4, 0.5) is 18.9 Å². The molecule has 0 fully saturated rings. The Hall–Kier alpha value is -1.85. The number of carboxylic acid groups (broad SMARTS) is 1. The number of hydrogen-bond acceptors (Lipinski definition) is 3. The Morgan fingerprint density at radius 3 is 2.55 bits per heavy atom. The van der Waals surface area contributed by atoms with Crippen molar-refractivity contribution in [3.8, 4) is 0 Å². The number of benzene rings is 1. The number of hydrogen-bond donors (Lipinski definition) is 0. The molecule has 6 heteroatoms. The fourth-order valence-corrected chi connectivity index (χ4v) is 2.72. The topological polar surface area (TPSA) is 52.5 Å². The second-order valence-electron chi connectivity index (χ2n) is 4.91. The van der Waals surface area contributed by atoms with Gasteiger partial charge in [-0.25, -0.2) is 0 Å². The van der Waals surface area contributed by atoms with Gasteiger partial charge in [0.1, 0.15) is 0 Å². The molecule has 0 amide bonds. The van der Waals surface area contributed by atoms with Crippen LogP contribution in [-0.2, 0) is 16.4 Å². The second kappa shape index (κ2) is 4.61. The molecule has 0 N–H and O–H groups in total. The van der Waals surface area contributed by atoms with Gasteiger partial charge < -0.3 is 9.90 Å². The largest absolute Gasteiger partial charge is 0.550 e. The number of halogens is 3. The minimum Gasteiger partial charge on any atom is -0.550 e. The van der Waals surface area contributed by atoms with Gasteiger partial charge in [0.15, 0.2) is 0 Å². The lowest BCUT2D eigenvalue weighted by molar-refractivity contribution is -0.306. The molecule has 0 bridgehead atoms. The van der Waals surface area contributed by atoms with E-state index in [0.29, 0.717) is 23.4 Å². The molecule has 1 aromatic rings. The maximum Gasteiger partial charge on any atom is 0.416 e. The molecule has 0 radical (unpaired) electrons. The Kier molecular flexibility index (Phi) is 3.36. The van der Waals surface area contributed by atoms with E-state index in [4.69, 9.17) is 0 Å². The number of aliphatic carboxylic acids is 1. The number of aliphatic imine (C=N–C) groups is 1. The van der Waals surface area contributed by atoms with Crippen molar-refractivity contribution in [2.45, 2.75) is 38.3 Å². The summed E-state index contributed by atoms with van der Waals surface area (Å²) in [6.45, 7) is 3.37. The van der Waals surface area contributed by atoms with E-state index in [0.717, 1.165) is 12.1 Å². The first-order valence-corrected chi connectivity index (χ1v) is 6.18. The Morgan fingerprint density at radius 1 is 1.40 bits per heavy atom. The van der Waals surface area contributed by atoms with Crippen molar-refractivity contribution in [3.63, 3.8) is 0 Å². The molecule has 0 saturated carbocycles. The molecule has 3 nitrogen and oxygen atoms in total. The Labute approximate surface area is 114 Å². The van der Waals surface area contributed by atoms with E-state index in [1.165, 1.54) is 6.07 Å². The van der Waals surface area contributed by atoms with Gasteiger partial charge in [0, 0.05) is 23.5 Å². The van der Waals surface area contributed by atoms with Gasteiger partial charge in [-0.1, -0.05) is 6.92 Å². The van der Waals surface area contributed by atoms with Crippen LogP contribution in [0.3, 0.4) is 0 Å². The van der Waals surface area contributed by atoms with Gasteiger partial charge in [0.05, 0.1) is 11.3 Å². The Balaban J connectivity index is 2.60. The zero-order valence-corrected chi connectivity index (χ0v) is 11.0. The maximum absolute atomic E-state index is 12.8. The highest BCUT2D eigenvalue weighted by molar-refractivity contribution is 6.02. The van der Waals surface area contributed by atoms with Crippen molar-refractivity contribution in [1.82, 2.24) is 0 Å². The first-order valence-electron chi connectivity index (χ1n) is 6.18. The number of alkyl halides is 3. The monoisotopic (exact) mass is 284 g/mol. The molecule has 0 aliphatic carbocycles. The first-order chi connectivity index (χ1) is 9.20. The summed E-state index contributed by atoms with van der Waals surface area (Å²) in [6, 6.07) is 3.25. The van der Waals surface area contributed by atoms with Crippen LogP contribution >= 0.6 is 0 Å². The Bertz CT molecular complexity index is 593. The van der Waals surface area contributed by atoms with Crippen LogP contribution in [0, 0.1) is 0 Å². The van der Waals surface area contributed by atoms with E-state index in [-0.39, 0.29) is 6.42 Å². The molecule has 20 heavy (non-hydrogen) atoms.